The molecule has 2 amide bonds. The van der Waals surface area contributed by atoms with E-state index >= 15 is 0 Å². The number of aromatic carboxylic acids is 3. The van der Waals surface area contributed by atoms with E-state index in [1.807, 2.05) is 7.05 Å². The maximum absolute atomic E-state index is 13.8. The molecule has 3 aliphatic heterocycles. The summed E-state index contributed by atoms with van der Waals surface area (Å²) in [6, 6.07) is 10.8. The van der Waals surface area contributed by atoms with Crippen LogP contribution in [-0.4, -0.2) is 124 Å². The highest BCUT2D eigenvalue weighted by atomic mass is 19.1. The van der Waals surface area contributed by atoms with Gasteiger partial charge in [0.05, 0.1) is 29.8 Å². The second-order valence-electron chi connectivity index (χ2n) is 13.5. The molecule has 302 valence electrons. The Morgan fingerprint density at radius 2 is 0.911 bits per heavy atom. The fourth-order valence-electron chi connectivity index (χ4n) is 6.15. The van der Waals surface area contributed by atoms with Crippen molar-refractivity contribution < 1.29 is 66.7 Å². The molecule has 17 heteroatoms. The fourth-order valence-corrected chi connectivity index (χ4v) is 6.15. The minimum Gasteiger partial charge on any atom is -0.486 e. The number of carbonyl (C=O) groups is 5. The van der Waals surface area contributed by atoms with Crippen molar-refractivity contribution >= 4 is 29.7 Å². The molecule has 0 saturated carbocycles. The summed E-state index contributed by atoms with van der Waals surface area (Å²) in [5.41, 5.74) is -0.316. The van der Waals surface area contributed by atoms with Crippen LogP contribution in [0.3, 0.4) is 0 Å². The predicted molar refractivity (Wildman–Crippen MR) is 194 cm³/mol. The monoisotopic (exact) mass is 787 g/mol. The van der Waals surface area contributed by atoms with E-state index < -0.39 is 35.4 Å². The number of nitrogens with zero attached hydrogens (tertiary/aromatic N) is 3. The number of carboxylic acid groups (broad SMARTS) is 3. The average molecular weight is 788 g/mol. The zero-order valence-corrected chi connectivity index (χ0v) is 31.1. The van der Waals surface area contributed by atoms with Gasteiger partial charge in [-0.25, -0.2) is 27.6 Å². The number of benzene rings is 3. The Balaban J connectivity index is 0.000000187. The van der Waals surface area contributed by atoms with Gasteiger partial charge in [-0.05, 0) is 80.9 Å². The molecule has 0 radical (unpaired) electrons. The third-order valence-corrected chi connectivity index (χ3v) is 9.18. The van der Waals surface area contributed by atoms with Crippen LogP contribution in [0.5, 0.6) is 17.2 Å². The summed E-state index contributed by atoms with van der Waals surface area (Å²) >= 11 is 0. The zero-order chi connectivity index (χ0) is 41.1. The Kier molecular flexibility index (Phi) is 15.1. The van der Waals surface area contributed by atoms with Crippen LogP contribution in [-0.2, 0) is 9.59 Å². The first-order chi connectivity index (χ1) is 26.5. The van der Waals surface area contributed by atoms with Crippen molar-refractivity contribution in [2.24, 2.45) is 0 Å². The number of hydrogen-bond acceptors (Lipinski definition) is 9. The van der Waals surface area contributed by atoms with Crippen LogP contribution >= 0.6 is 0 Å². The lowest BCUT2D eigenvalue weighted by Crippen LogP contribution is -2.43. The van der Waals surface area contributed by atoms with Gasteiger partial charge in [0, 0.05) is 46.4 Å². The van der Waals surface area contributed by atoms with Crippen LogP contribution in [0.2, 0.25) is 0 Å². The maximum Gasteiger partial charge on any atom is 0.335 e. The second kappa shape index (κ2) is 19.7. The summed E-state index contributed by atoms with van der Waals surface area (Å²) in [7, 11) is 1.98. The van der Waals surface area contributed by atoms with Crippen molar-refractivity contribution in [3.8, 4) is 17.2 Å². The molecular weight excluding hydrogens is 743 g/mol. The van der Waals surface area contributed by atoms with Crippen molar-refractivity contribution in [3.05, 3.63) is 88.7 Å². The summed E-state index contributed by atoms with van der Waals surface area (Å²) in [6.45, 7) is 6.80. The normalized spacial score (nSPS) is 19.1. The van der Waals surface area contributed by atoms with Crippen molar-refractivity contribution in [1.29, 1.82) is 0 Å². The molecule has 3 unspecified atom stereocenters. The molecule has 3 aromatic carbocycles. The summed E-state index contributed by atoms with van der Waals surface area (Å²) in [5, 5.41) is 26.2. The molecule has 3 aliphatic rings. The third kappa shape index (κ3) is 12.3. The van der Waals surface area contributed by atoms with Crippen LogP contribution in [0.15, 0.2) is 54.6 Å². The molecule has 3 heterocycles. The van der Waals surface area contributed by atoms with Crippen LogP contribution in [0.25, 0.3) is 0 Å². The number of likely N-dealkylation sites (tertiary alicyclic amines) is 3. The SMILES string of the molecule is CC(=O)N1CCC(Oc2ccc(C(=O)O)cc2F)C1.CC(=O)N1CCCC(Oc2ccc(C(=O)O)cc2F)C1.CN1CCC(Oc2ccc(C(=O)O)cc2F)C1. The molecule has 0 aromatic heterocycles. The maximum atomic E-state index is 13.8. The van der Waals surface area contributed by atoms with Gasteiger partial charge in [0.2, 0.25) is 11.8 Å². The highest BCUT2D eigenvalue weighted by Crippen LogP contribution is 2.25. The van der Waals surface area contributed by atoms with Gasteiger partial charge in [-0.2, -0.15) is 0 Å². The molecule has 0 bridgehead atoms. The molecule has 14 nitrogen and oxygen atoms in total. The minimum absolute atomic E-state index is 0.0143. The third-order valence-electron chi connectivity index (χ3n) is 9.18. The zero-order valence-electron chi connectivity index (χ0n) is 31.1. The Labute approximate surface area is 321 Å². The Hall–Kier alpha value is -5.84. The number of carboxylic acids is 3. The minimum atomic E-state index is -1.19. The number of ether oxygens (including phenoxy) is 3. The van der Waals surface area contributed by atoms with E-state index in [1.165, 1.54) is 50.2 Å². The van der Waals surface area contributed by atoms with Gasteiger partial charge in [-0.15, -0.1) is 0 Å². The van der Waals surface area contributed by atoms with E-state index in [4.69, 9.17) is 29.5 Å². The van der Waals surface area contributed by atoms with Gasteiger partial charge in [-0.1, -0.05) is 0 Å². The van der Waals surface area contributed by atoms with Gasteiger partial charge in [0.25, 0.3) is 0 Å². The Morgan fingerprint density at radius 3 is 1.23 bits per heavy atom. The molecule has 3 atom stereocenters. The average Bonchev–Trinajstić information content (AvgIpc) is 3.80. The topological polar surface area (TPSA) is 183 Å². The summed E-state index contributed by atoms with van der Waals surface area (Å²) in [5.74, 6) is -5.46. The van der Waals surface area contributed by atoms with Crippen molar-refractivity contribution in [3.63, 3.8) is 0 Å². The highest BCUT2D eigenvalue weighted by molar-refractivity contribution is 5.88. The van der Waals surface area contributed by atoms with Gasteiger partial charge in [0.15, 0.2) is 34.7 Å². The Bertz CT molecular complexity index is 1910. The highest BCUT2D eigenvalue weighted by Gasteiger charge is 2.27. The molecule has 0 spiro atoms. The largest absolute Gasteiger partial charge is 0.486 e. The number of likely N-dealkylation sites (N-methyl/N-ethyl adjacent to an activating group) is 1. The standard InChI is InChI=1S/C14H16FNO4.C13H14FNO4.C12H14FNO3/c1-9(17)16-6-2-3-11(8-16)20-13-5-4-10(14(18)19)7-12(13)15;1-8(16)15-5-4-10(7-15)19-12-3-2-9(13(17)18)6-11(12)14;1-14-5-4-9(7-14)17-11-3-2-8(12(15)16)6-10(11)13/h4-5,7,11H,2-3,6,8H2,1H3,(H,18,19);2-3,6,10H,4-5,7H2,1H3,(H,17,18);2-3,6,9H,4-5,7H2,1H3,(H,15,16). The molecule has 56 heavy (non-hydrogen) atoms. The van der Waals surface area contributed by atoms with Crippen LogP contribution in [0.4, 0.5) is 13.2 Å². The number of amides is 2. The summed E-state index contributed by atoms with van der Waals surface area (Å²) in [6.07, 6.45) is 2.50. The Morgan fingerprint density at radius 1 is 0.554 bits per heavy atom. The van der Waals surface area contributed by atoms with Gasteiger partial charge in [-0.3, -0.25) is 9.59 Å². The molecule has 3 fully saturated rings. The smallest absolute Gasteiger partial charge is 0.335 e. The molecular formula is C39H44F3N3O11. The van der Waals surface area contributed by atoms with Crippen molar-refractivity contribution in [1.82, 2.24) is 14.7 Å². The van der Waals surface area contributed by atoms with Gasteiger partial charge < -0.3 is 44.2 Å². The second-order valence-corrected chi connectivity index (χ2v) is 13.5. The molecule has 3 saturated heterocycles. The summed E-state index contributed by atoms with van der Waals surface area (Å²) in [4.78, 5) is 59.9. The fraction of sp³-hybridized carbons (Fsp3) is 0.410. The van der Waals surface area contributed by atoms with E-state index in [0.717, 1.165) is 50.6 Å². The molecule has 3 N–H and O–H groups in total. The number of rotatable bonds is 9. The number of halogens is 3. The first-order valence-corrected chi connectivity index (χ1v) is 17.8. The van der Waals surface area contributed by atoms with E-state index in [2.05, 4.69) is 4.90 Å². The van der Waals surface area contributed by atoms with Crippen LogP contribution < -0.4 is 14.2 Å². The van der Waals surface area contributed by atoms with E-state index in [-0.39, 0.29) is 64.1 Å². The lowest BCUT2D eigenvalue weighted by atomic mass is 10.1. The van der Waals surface area contributed by atoms with Crippen molar-refractivity contribution in [2.45, 2.75) is 57.8 Å². The van der Waals surface area contributed by atoms with Crippen LogP contribution in [0.1, 0.15) is 70.6 Å². The molecule has 3 aromatic rings. The number of piperidine rings is 1. The summed E-state index contributed by atoms with van der Waals surface area (Å²) < 4.78 is 57.5. The van der Waals surface area contributed by atoms with Crippen LogP contribution in [0, 0.1) is 17.5 Å². The molecule has 6 rings (SSSR count). The van der Waals surface area contributed by atoms with E-state index in [9.17, 15) is 37.1 Å². The first kappa shape index (κ1) is 42.9. The van der Waals surface area contributed by atoms with E-state index in [0.29, 0.717) is 32.6 Å². The van der Waals surface area contributed by atoms with E-state index in [1.54, 1.807) is 9.80 Å². The number of carbonyl (C=O) groups excluding carboxylic acids is 2. The van der Waals surface area contributed by atoms with Crippen molar-refractivity contribution in [2.75, 3.05) is 46.3 Å². The lowest BCUT2D eigenvalue weighted by molar-refractivity contribution is -0.131. The lowest BCUT2D eigenvalue weighted by Gasteiger charge is -2.32. The molecule has 0 aliphatic carbocycles. The number of hydrogen-bond donors (Lipinski definition) is 3. The van der Waals surface area contributed by atoms with Gasteiger partial charge in [0.1, 0.15) is 18.3 Å². The first-order valence-electron chi connectivity index (χ1n) is 17.8. The van der Waals surface area contributed by atoms with Gasteiger partial charge >= 0.3 is 17.9 Å². The quantitative estimate of drug-likeness (QED) is 0.263. The predicted octanol–water partition coefficient (Wildman–Crippen LogP) is 5.04.